The zero-order valence-corrected chi connectivity index (χ0v) is 16.3. The van der Waals surface area contributed by atoms with E-state index in [-0.39, 0.29) is 31.1 Å². The van der Waals surface area contributed by atoms with Crippen LogP contribution in [0.2, 0.25) is 0 Å². The van der Waals surface area contributed by atoms with Gasteiger partial charge in [-0.1, -0.05) is 17.9 Å². The zero-order valence-electron chi connectivity index (χ0n) is 16.3. The van der Waals surface area contributed by atoms with Crippen LogP contribution in [0.1, 0.15) is 17.9 Å². The van der Waals surface area contributed by atoms with Crippen molar-refractivity contribution in [3.05, 3.63) is 59.5 Å². The molecule has 0 aliphatic carbocycles. The molecular weight excluding hydrogens is 403 g/mol. The van der Waals surface area contributed by atoms with Crippen molar-refractivity contribution in [1.29, 1.82) is 0 Å². The molecule has 1 aromatic carbocycles. The van der Waals surface area contributed by atoms with Gasteiger partial charge in [-0.2, -0.15) is 4.39 Å². The monoisotopic (exact) mass is 420 g/mol. The normalized spacial score (nSPS) is 14.5. The van der Waals surface area contributed by atoms with Gasteiger partial charge in [0, 0.05) is 23.2 Å². The summed E-state index contributed by atoms with van der Waals surface area (Å²) in [5, 5.41) is 0. The van der Waals surface area contributed by atoms with Crippen molar-refractivity contribution in [3.8, 4) is 41.6 Å². The number of carbonyl (C=O) groups excluding carboxylic acids is 2. The molecule has 3 rings (SSSR count). The van der Waals surface area contributed by atoms with Crippen LogP contribution in [-0.2, 0) is 19.1 Å². The van der Waals surface area contributed by atoms with E-state index in [1.54, 1.807) is 24.3 Å². The number of esters is 2. The average Bonchev–Trinajstić information content (AvgIpc) is 2.76. The molecule has 2 heterocycles. The molecule has 7 nitrogen and oxygen atoms in total. The number of nitrogens with two attached hydrogens (primary N) is 1. The summed E-state index contributed by atoms with van der Waals surface area (Å²) < 4.78 is 28.8. The molecule has 0 saturated heterocycles. The van der Waals surface area contributed by atoms with Crippen LogP contribution in [0.4, 0.5) is 4.39 Å². The van der Waals surface area contributed by atoms with Crippen molar-refractivity contribution in [1.82, 2.24) is 4.98 Å². The molecule has 1 atom stereocenters. The highest BCUT2D eigenvalue weighted by Crippen LogP contribution is 2.42. The Bertz CT molecular complexity index is 1130. The first kappa shape index (κ1) is 21.4. The molecule has 0 radical (unpaired) electrons. The van der Waals surface area contributed by atoms with Gasteiger partial charge in [0.2, 0.25) is 11.8 Å². The number of aromatic nitrogens is 1. The third kappa shape index (κ3) is 4.82. The number of fused-ring (bicyclic) bond motifs is 1. The lowest BCUT2D eigenvalue weighted by Crippen LogP contribution is -2.28. The Morgan fingerprint density at radius 3 is 2.52 bits per heavy atom. The van der Waals surface area contributed by atoms with Crippen molar-refractivity contribution in [3.63, 3.8) is 0 Å². The van der Waals surface area contributed by atoms with Crippen molar-refractivity contribution in [2.24, 2.45) is 5.73 Å². The zero-order chi connectivity index (χ0) is 22.4. The Balaban J connectivity index is 2.04. The van der Waals surface area contributed by atoms with Crippen LogP contribution in [0.5, 0.6) is 5.75 Å². The summed E-state index contributed by atoms with van der Waals surface area (Å²) in [6, 6.07) is 7.82. The first-order chi connectivity index (χ1) is 14.9. The number of halogens is 1. The summed E-state index contributed by atoms with van der Waals surface area (Å²) in [6.45, 7) is -0.496. The third-order valence-electron chi connectivity index (χ3n) is 4.47. The van der Waals surface area contributed by atoms with Crippen molar-refractivity contribution in [2.45, 2.75) is 12.3 Å². The van der Waals surface area contributed by atoms with E-state index in [2.05, 4.69) is 16.8 Å². The van der Waals surface area contributed by atoms with Crippen LogP contribution in [0, 0.1) is 30.6 Å². The number of benzene rings is 1. The molecule has 0 spiro atoms. The van der Waals surface area contributed by atoms with Crippen molar-refractivity contribution >= 4 is 11.9 Å². The third-order valence-corrected chi connectivity index (χ3v) is 4.47. The Morgan fingerprint density at radius 2 is 1.84 bits per heavy atom. The predicted octanol–water partition coefficient (Wildman–Crippen LogP) is 2.28. The number of rotatable bonds is 6. The number of terminal acetylenes is 2. The number of nitrogens with zero attached hydrogens (tertiary/aromatic N) is 1. The lowest BCUT2D eigenvalue weighted by Gasteiger charge is -2.28. The standard InChI is InChI=1S/C23H17FN2O5/c1-3-9-29-20(27)12-17-16-11-14(15-6-8-19(24)26-13-15)5-7-18(16)31-22(25)21(17)23(28)30-10-4-2/h1-2,5-8,11,13,17H,9-10,12,25H2. The lowest BCUT2D eigenvalue weighted by atomic mass is 9.84. The first-order valence-electron chi connectivity index (χ1n) is 9.07. The maximum absolute atomic E-state index is 13.2. The van der Waals surface area contributed by atoms with E-state index in [1.165, 1.54) is 12.3 Å². The molecule has 8 heteroatoms. The second kappa shape index (κ2) is 9.47. The van der Waals surface area contributed by atoms with Gasteiger partial charge in [0.25, 0.3) is 0 Å². The summed E-state index contributed by atoms with van der Waals surface area (Å²) >= 11 is 0. The van der Waals surface area contributed by atoms with E-state index in [9.17, 15) is 14.0 Å². The van der Waals surface area contributed by atoms with Crippen LogP contribution in [0.3, 0.4) is 0 Å². The van der Waals surface area contributed by atoms with Crippen LogP contribution < -0.4 is 10.5 Å². The molecule has 0 fully saturated rings. The van der Waals surface area contributed by atoms with Crippen LogP contribution in [0.25, 0.3) is 11.1 Å². The van der Waals surface area contributed by atoms with Crippen molar-refractivity contribution in [2.75, 3.05) is 13.2 Å². The van der Waals surface area contributed by atoms with Gasteiger partial charge in [-0.3, -0.25) is 4.79 Å². The SMILES string of the molecule is C#CCOC(=O)CC1C(C(=O)OCC#C)=C(N)Oc2ccc(-c3ccc(F)nc3)cc21. The van der Waals surface area contributed by atoms with E-state index >= 15 is 0 Å². The molecule has 0 bridgehead atoms. The number of hydrogen-bond donors (Lipinski definition) is 1. The van der Waals surface area contributed by atoms with Gasteiger partial charge in [-0.25, -0.2) is 9.78 Å². The molecule has 0 saturated carbocycles. The smallest absolute Gasteiger partial charge is 0.341 e. The van der Waals surface area contributed by atoms with E-state index < -0.39 is 23.8 Å². The lowest BCUT2D eigenvalue weighted by molar-refractivity contribution is -0.142. The first-order valence-corrected chi connectivity index (χ1v) is 9.07. The fourth-order valence-electron chi connectivity index (χ4n) is 3.13. The van der Waals surface area contributed by atoms with Gasteiger partial charge < -0.3 is 19.9 Å². The van der Waals surface area contributed by atoms with E-state index in [0.717, 1.165) is 0 Å². The molecule has 1 aliphatic heterocycles. The molecule has 1 aromatic heterocycles. The molecule has 2 aromatic rings. The van der Waals surface area contributed by atoms with Crippen LogP contribution in [-0.4, -0.2) is 30.1 Å². The van der Waals surface area contributed by atoms with Gasteiger partial charge >= 0.3 is 11.9 Å². The second-order valence-corrected chi connectivity index (χ2v) is 6.40. The summed E-state index contributed by atoms with van der Waals surface area (Å²) in [4.78, 5) is 28.6. The van der Waals surface area contributed by atoms with Crippen LogP contribution in [0.15, 0.2) is 48.0 Å². The molecule has 31 heavy (non-hydrogen) atoms. The summed E-state index contributed by atoms with van der Waals surface area (Å²) in [7, 11) is 0. The second-order valence-electron chi connectivity index (χ2n) is 6.40. The summed E-state index contributed by atoms with van der Waals surface area (Å²) in [6.07, 6.45) is 11.4. The Morgan fingerprint density at radius 1 is 1.13 bits per heavy atom. The van der Waals surface area contributed by atoms with Gasteiger partial charge in [0.1, 0.15) is 11.3 Å². The quantitative estimate of drug-likeness (QED) is 0.435. The highest BCUT2D eigenvalue weighted by atomic mass is 19.1. The molecule has 2 N–H and O–H groups in total. The minimum absolute atomic E-state index is 0.0604. The van der Waals surface area contributed by atoms with Gasteiger partial charge in [0.15, 0.2) is 13.2 Å². The summed E-state index contributed by atoms with van der Waals surface area (Å²) in [5.74, 6) is 1.62. The Labute approximate surface area is 178 Å². The van der Waals surface area contributed by atoms with Crippen LogP contribution >= 0.6 is 0 Å². The number of hydrogen-bond acceptors (Lipinski definition) is 7. The number of pyridine rings is 1. The van der Waals surface area contributed by atoms with Gasteiger partial charge in [-0.05, 0) is 29.8 Å². The fourth-order valence-corrected chi connectivity index (χ4v) is 3.13. The maximum atomic E-state index is 13.2. The van der Waals surface area contributed by atoms with Gasteiger partial charge in [-0.15, -0.1) is 12.8 Å². The molecule has 0 amide bonds. The van der Waals surface area contributed by atoms with E-state index in [4.69, 9.17) is 32.8 Å². The van der Waals surface area contributed by atoms with E-state index in [1.807, 2.05) is 0 Å². The topological polar surface area (TPSA) is 101 Å². The Hall–Kier alpha value is -4.30. The number of ether oxygens (including phenoxy) is 3. The molecule has 1 unspecified atom stereocenters. The van der Waals surface area contributed by atoms with Gasteiger partial charge in [0.05, 0.1) is 6.42 Å². The minimum atomic E-state index is -0.840. The molecular formula is C23H17FN2O5. The van der Waals surface area contributed by atoms with E-state index in [0.29, 0.717) is 22.4 Å². The average molecular weight is 420 g/mol. The number of carbonyl (C=O) groups is 2. The highest BCUT2D eigenvalue weighted by Gasteiger charge is 2.36. The molecule has 156 valence electrons. The maximum Gasteiger partial charge on any atom is 0.341 e. The predicted molar refractivity (Wildman–Crippen MR) is 108 cm³/mol. The summed E-state index contributed by atoms with van der Waals surface area (Å²) in [5.41, 5.74) is 7.68. The largest absolute Gasteiger partial charge is 0.452 e. The van der Waals surface area contributed by atoms with Crippen molar-refractivity contribution < 1.29 is 28.2 Å². The molecule has 1 aliphatic rings. The fraction of sp³-hybridized carbons (Fsp3) is 0.174. The highest BCUT2D eigenvalue weighted by molar-refractivity contribution is 5.93. The Kier molecular flexibility index (Phi) is 6.54. The minimum Gasteiger partial charge on any atom is -0.452 e.